The number of rotatable bonds is 4. The van der Waals surface area contributed by atoms with E-state index in [9.17, 15) is 4.79 Å². The lowest BCUT2D eigenvalue weighted by atomic mass is 9.76. The Balaban J connectivity index is 3.57. The summed E-state index contributed by atoms with van der Waals surface area (Å²) >= 11 is 6.35. The third-order valence-corrected chi connectivity index (χ3v) is 4.11. The Kier molecular flexibility index (Phi) is 4.51. The first-order valence-electron chi connectivity index (χ1n) is 6.19. The average molecular weight is 285 g/mol. The minimum absolute atomic E-state index is 0.0662. The number of carbonyl (C=O) groups is 1. The van der Waals surface area contributed by atoms with Gasteiger partial charge in [0.05, 0.1) is 18.6 Å². The second-order valence-electron chi connectivity index (χ2n) is 5.55. The molecule has 0 spiro atoms. The fourth-order valence-electron chi connectivity index (χ4n) is 2.81. The summed E-state index contributed by atoms with van der Waals surface area (Å²) in [4.78, 5) is 11.0. The summed E-state index contributed by atoms with van der Waals surface area (Å²) in [5, 5.41) is 9.64. The summed E-state index contributed by atoms with van der Waals surface area (Å²) in [5.74, 6) is -0.139. The fraction of sp³-hybridized carbons (Fsp3) is 0.533. The SMILES string of the molecule is COc1c(C)c(C)c(C(C)(C)CC(=O)O)c(C)c1Cl. The minimum Gasteiger partial charge on any atom is -0.495 e. The third kappa shape index (κ3) is 2.86. The lowest BCUT2D eigenvalue weighted by Gasteiger charge is -2.30. The van der Waals surface area contributed by atoms with Crippen molar-refractivity contribution >= 4 is 17.6 Å². The summed E-state index contributed by atoms with van der Waals surface area (Å²) in [5.41, 5.74) is 3.43. The van der Waals surface area contributed by atoms with Crippen molar-refractivity contribution in [3.63, 3.8) is 0 Å². The molecule has 3 nitrogen and oxygen atoms in total. The average Bonchev–Trinajstić information content (AvgIpc) is 2.25. The van der Waals surface area contributed by atoms with Crippen LogP contribution >= 0.6 is 11.6 Å². The van der Waals surface area contributed by atoms with Crippen LogP contribution in [-0.2, 0) is 10.2 Å². The lowest BCUT2D eigenvalue weighted by Crippen LogP contribution is -2.24. The molecule has 0 radical (unpaired) electrons. The molecule has 0 atom stereocenters. The number of hydrogen-bond acceptors (Lipinski definition) is 2. The van der Waals surface area contributed by atoms with Gasteiger partial charge in [0.15, 0.2) is 0 Å². The normalized spacial score (nSPS) is 11.5. The second kappa shape index (κ2) is 5.41. The summed E-state index contributed by atoms with van der Waals surface area (Å²) in [6.45, 7) is 9.70. The van der Waals surface area contributed by atoms with E-state index < -0.39 is 11.4 Å². The van der Waals surface area contributed by atoms with Gasteiger partial charge in [-0.05, 0) is 43.0 Å². The van der Waals surface area contributed by atoms with Crippen molar-refractivity contribution in [2.24, 2.45) is 0 Å². The lowest BCUT2D eigenvalue weighted by molar-refractivity contribution is -0.138. The van der Waals surface area contributed by atoms with Crippen LogP contribution in [0.2, 0.25) is 5.02 Å². The number of benzene rings is 1. The van der Waals surface area contributed by atoms with E-state index in [-0.39, 0.29) is 6.42 Å². The van der Waals surface area contributed by atoms with E-state index in [1.807, 2.05) is 34.6 Å². The first kappa shape index (κ1) is 15.8. The van der Waals surface area contributed by atoms with E-state index in [0.717, 1.165) is 22.3 Å². The van der Waals surface area contributed by atoms with Crippen molar-refractivity contribution in [3.05, 3.63) is 27.3 Å². The summed E-state index contributed by atoms with van der Waals surface area (Å²) in [6.07, 6.45) is 0.0662. The van der Waals surface area contributed by atoms with Crippen LogP contribution in [0.3, 0.4) is 0 Å². The molecular formula is C15H21ClO3. The molecule has 106 valence electrons. The molecule has 0 aliphatic rings. The summed E-state index contributed by atoms with van der Waals surface area (Å²) in [7, 11) is 1.59. The zero-order valence-electron chi connectivity index (χ0n) is 12.3. The van der Waals surface area contributed by atoms with Gasteiger partial charge in [0.2, 0.25) is 0 Å². The minimum atomic E-state index is -0.812. The quantitative estimate of drug-likeness (QED) is 0.908. The van der Waals surface area contributed by atoms with Crippen molar-refractivity contribution in [1.82, 2.24) is 0 Å². The van der Waals surface area contributed by atoms with Crippen molar-refractivity contribution in [3.8, 4) is 5.75 Å². The highest BCUT2D eigenvalue weighted by atomic mass is 35.5. The standard InChI is InChI=1S/C15H21ClO3/c1-8-9(2)14(19-6)13(16)10(3)12(8)15(4,5)7-11(17)18/h7H2,1-6H3,(H,17,18). The van der Waals surface area contributed by atoms with Gasteiger partial charge in [-0.15, -0.1) is 0 Å². The van der Waals surface area contributed by atoms with Crippen LogP contribution in [0.25, 0.3) is 0 Å². The molecule has 0 fully saturated rings. The number of hydrogen-bond donors (Lipinski definition) is 1. The Morgan fingerprint density at radius 2 is 1.74 bits per heavy atom. The Labute approximate surface area is 119 Å². The maximum Gasteiger partial charge on any atom is 0.304 e. The highest BCUT2D eigenvalue weighted by Crippen LogP contribution is 2.42. The molecule has 1 aromatic rings. The number of carboxylic acids is 1. The molecule has 1 N–H and O–H groups in total. The first-order valence-corrected chi connectivity index (χ1v) is 6.56. The monoisotopic (exact) mass is 284 g/mol. The molecule has 0 bridgehead atoms. The summed E-state index contributed by atoms with van der Waals surface area (Å²) in [6, 6.07) is 0. The molecular weight excluding hydrogens is 264 g/mol. The molecule has 0 aliphatic carbocycles. The van der Waals surface area contributed by atoms with Gasteiger partial charge in [0, 0.05) is 5.41 Å². The zero-order valence-corrected chi connectivity index (χ0v) is 13.1. The van der Waals surface area contributed by atoms with Crippen molar-refractivity contribution in [2.45, 2.75) is 46.5 Å². The van der Waals surface area contributed by atoms with Crippen LogP contribution in [0.4, 0.5) is 0 Å². The molecule has 4 heteroatoms. The van der Waals surface area contributed by atoms with Crippen LogP contribution in [0.1, 0.15) is 42.5 Å². The van der Waals surface area contributed by atoms with Gasteiger partial charge in [0.25, 0.3) is 0 Å². The van der Waals surface area contributed by atoms with Crippen molar-refractivity contribution in [2.75, 3.05) is 7.11 Å². The topological polar surface area (TPSA) is 46.5 Å². The maximum atomic E-state index is 11.0. The van der Waals surface area contributed by atoms with E-state index in [0.29, 0.717) is 10.8 Å². The highest BCUT2D eigenvalue weighted by molar-refractivity contribution is 6.33. The van der Waals surface area contributed by atoms with Crippen LogP contribution in [0.15, 0.2) is 0 Å². The van der Waals surface area contributed by atoms with E-state index >= 15 is 0 Å². The molecule has 0 unspecified atom stereocenters. The van der Waals surface area contributed by atoms with Crippen molar-refractivity contribution in [1.29, 1.82) is 0 Å². The van der Waals surface area contributed by atoms with Gasteiger partial charge in [0.1, 0.15) is 5.75 Å². The van der Waals surface area contributed by atoms with Gasteiger partial charge in [-0.3, -0.25) is 4.79 Å². The van der Waals surface area contributed by atoms with E-state index in [1.54, 1.807) is 7.11 Å². The molecule has 19 heavy (non-hydrogen) atoms. The Morgan fingerprint density at radius 3 is 2.16 bits per heavy atom. The summed E-state index contributed by atoms with van der Waals surface area (Å²) < 4.78 is 5.34. The van der Waals surface area contributed by atoms with Crippen LogP contribution < -0.4 is 4.74 Å². The first-order chi connectivity index (χ1) is 8.63. The maximum absolute atomic E-state index is 11.0. The molecule has 0 saturated carbocycles. The largest absolute Gasteiger partial charge is 0.495 e. The number of methoxy groups -OCH3 is 1. The highest BCUT2D eigenvalue weighted by Gasteiger charge is 2.30. The fourth-order valence-corrected chi connectivity index (χ4v) is 3.12. The molecule has 0 amide bonds. The van der Waals surface area contributed by atoms with Crippen LogP contribution in [0.5, 0.6) is 5.75 Å². The smallest absolute Gasteiger partial charge is 0.304 e. The molecule has 0 heterocycles. The van der Waals surface area contributed by atoms with Gasteiger partial charge >= 0.3 is 5.97 Å². The Morgan fingerprint density at radius 1 is 1.21 bits per heavy atom. The van der Waals surface area contributed by atoms with Crippen LogP contribution in [-0.4, -0.2) is 18.2 Å². The Bertz CT molecular complexity index is 490. The van der Waals surface area contributed by atoms with Gasteiger partial charge in [-0.25, -0.2) is 0 Å². The van der Waals surface area contributed by atoms with Crippen molar-refractivity contribution < 1.29 is 14.6 Å². The molecule has 0 aromatic heterocycles. The van der Waals surface area contributed by atoms with E-state index in [4.69, 9.17) is 21.4 Å². The van der Waals surface area contributed by atoms with E-state index in [2.05, 4.69) is 0 Å². The predicted octanol–water partition coefficient (Wildman–Crippen LogP) is 4.03. The number of aliphatic carboxylic acids is 1. The molecule has 0 aliphatic heterocycles. The van der Waals surface area contributed by atoms with Gasteiger partial charge in [-0.2, -0.15) is 0 Å². The number of ether oxygens (including phenoxy) is 1. The van der Waals surface area contributed by atoms with Gasteiger partial charge < -0.3 is 9.84 Å². The zero-order chi connectivity index (χ0) is 15.0. The Hall–Kier alpha value is -1.22. The van der Waals surface area contributed by atoms with E-state index in [1.165, 1.54) is 0 Å². The molecule has 1 rings (SSSR count). The number of carboxylic acid groups (broad SMARTS) is 1. The van der Waals surface area contributed by atoms with Gasteiger partial charge in [-0.1, -0.05) is 25.4 Å². The second-order valence-corrected chi connectivity index (χ2v) is 5.93. The predicted molar refractivity (Wildman–Crippen MR) is 77.5 cm³/mol. The third-order valence-electron chi connectivity index (χ3n) is 3.66. The number of halogens is 1. The van der Waals surface area contributed by atoms with Crippen LogP contribution in [0, 0.1) is 20.8 Å². The molecule has 1 aromatic carbocycles. The molecule has 0 saturated heterocycles.